The SMILES string of the molecule is CCC(CC)Nc1nc(Cl)ccc1[N+](=O)[O-].CCC(CC)n1c(=O)[nH]c2ccc(Cl)nc21. The molecule has 0 aliphatic heterocycles. The normalized spacial score (nSPS) is 11.0. The highest BCUT2D eigenvalue weighted by Crippen LogP contribution is 2.25. The largest absolute Gasteiger partial charge is 0.362 e. The summed E-state index contributed by atoms with van der Waals surface area (Å²) >= 11 is 11.6. The fourth-order valence-corrected chi connectivity index (χ4v) is 3.63. The highest BCUT2D eigenvalue weighted by Gasteiger charge is 2.18. The Labute approximate surface area is 196 Å². The highest BCUT2D eigenvalue weighted by atomic mass is 35.5. The maximum atomic E-state index is 11.8. The Hall–Kier alpha value is -2.65. The average Bonchev–Trinajstić information content (AvgIpc) is 3.08. The molecule has 0 unspecified atom stereocenters. The van der Waals surface area contributed by atoms with Crippen LogP contribution in [-0.4, -0.2) is 30.5 Å². The maximum Gasteiger partial charge on any atom is 0.327 e. The molecule has 0 amide bonds. The van der Waals surface area contributed by atoms with Gasteiger partial charge in [0.15, 0.2) is 5.65 Å². The van der Waals surface area contributed by atoms with Gasteiger partial charge in [-0.25, -0.2) is 14.8 Å². The zero-order chi connectivity index (χ0) is 23.8. The van der Waals surface area contributed by atoms with Crippen LogP contribution in [0, 0.1) is 10.1 Å². The Morgan fingerprint density at radius 1 is 1.03 bits per heavy atom. The van der Waals surface area contributed by atoms with Crippen LogP contribution < -0.4 is 11.0 Å². The van der Waals surface area contributed by atoms with Crippen LogP contribution in [0.4, 0.5) is 11.5 Å². The lowest BCUT2D eigenvalue weighted by atomic mass is 10.2. The summed E-state index contributed by atoms with van der Waals surface area (Å²) in [6.07, 6.45) is 3.55. The van der Waals surface area contributed by atoms with Gasteiger partial charge in [0, 0.05) is 18.2 Å². The Morgan fingerprint density at radius 3 is 2.19 bits per heavy atom. The highest BCUT2D eigenvalue weighted by molar-refractivity contribution is 6.29. The van der Waals surface area contributed by atoms with E-state index in [1.807, 2.05) is 13.8 Å². The second kappa shape index (κ2) is 11.8. The van der Waals surface area contributed by atoms with Crippen molar-refractivity contribution >= 4 is 45.9 Å². The molecule has 2 N–H and O–H groups in total. The van der Waals surface area contributed by atoms with Crippen LogP contribution in [0.1, 0.15) is 59.4 Å². The Balaban J connectivity index is 0.000000227. The van der Waals surface area contributed by atoms with Gasteiger partial charge >= 0.3 is 11.4 Å². The van der Waals surface area contributed by atoms with Gasteiger partial charge in [-0.3, -0.25) is 14.7 Å². The molecule has 0 spiro atoms. The summed E-state index contributed by atoms with van der Waals surface area (Å²) in [7, 11) is 0. The smallest absolute Gasteiger partial charge is 0.327 e. The minimum atomic E-state index is -0.464. The van der Waals surface area contributed by atoms with E-state index in [4.69, 9.17) is 23.2 Å². The minimum Gasteiger partial charge on any atom is -0.362 e. The molecular formula is C21H28Cl2N6O3. The van der Waals surface area contributed by atoms with Gasteiger partial charge < -0.3 is 10.3 Å². The van der Waals surface area contributed by atoms with Gasteiger partial charge in [-0.15, -0.1) is 0 Å². The number of aromatic amines is 1. The molecule has 9 nitrogen and oxygen atoms in total. The van der Waals surface area contributed by atoms with Gasteiger partial charge in [-0.1, -0.05) is 50.9 Å². The number of aromatic nitrogens is 4. The Kier molecular flexibility index (Phi) is 9.46. The van der Waals surface area contributed by atoms with Gasteiger partial charge in [0.2, 0.25) is 5.82 Å². The van der Waals surface area contributed by atoms with Crippen molar-refractivity contribution in [2.45, 2.75) is 65.5 Å². The van der Waals surface area contributed by atoms with Crippen LogP contribution in [0.25, 0.3) is 11.2 Å². The molecule has 0 fully saturated rings. The molecular weight excluding hydrogens is 455 g/mol. The number of fused-ring (bicyclic) bond motifs is 1. The Morgan fingerprint density at radius 2 is 1.62 bits per heavy atom. The van der Waals surface area contributed by atoms with Crippen LogP contribution >= 0.6 is 23.2 Å². The number of rotatable bonds is 8. The topological polar surface area (TPSA) is 119 Å². The molecule has 0 aromatic carbocycles. The molecule has 0 saturated carbocycles. The third-order valence-corrected chi connectivity index (χ3v) is 5.62. The van der Waals surface area contributed by atoms with Crippen LogP contribution in [0.3, 0.4) is 0 Å². The molecule has 3 aromatic heterocycles. The predicted molar refractivity (Wildman–Crippen MR) is 129 cm³/mol. The number of hydrogen-bond donors (Lipinski definition) is 2. The molecule has 0 aliphatic carbocycles. The van der Waals surface area contributed by atoms with E-state index in [1.54, 1.807) is 16.7 Å². The molecule has 3 aromatic rings. The van der Waals surface area contributed by atoms with Crippen molar-refractivity contribution in [2.75, 3.05) is 5.32 Å². The number of nitrogens with zero attached hydrogens (tertiary/aromatic N) is 4. The molecule has 0 aliphatic rings. The first-order valence-electron chi connectivity index (χ1n) is 10.6. The number of imidazole rings is 1. The first-order valence-corrected chi connectivity index (χ1v) is 11.3. The zero-order valence-electron chi connectivity index (χ0n) is 18.6. The quantitative estimate of drug-likeness (QED) is 0.231. The van der Waals surface area contributed by atoms with E-state index in [2.05, 4.69) is 34.1 Å². The standard InChI is InChI=1S/C11H14ClN3O.C10H14ClN3O2/c1-3-7(4-2)15-10-8(13-11(15)16)5-6-9(12)14-10;1-3-7(4-2)12-10-8(14(15)16)5-6-9(11)13-10/h5-7H,3-4H2,1-2H3,(H,13,16);5-7H,3-4H2,1-2H3,(H,12,13). The van der Waals surface area contributed by atoms with Crippen LogP contribution in [-0.2, 0) is 0 Å². The van der Waals surface area contributed by atoms with Crippen molar-refractivity contribution in [3.8, 4) is 0 Å². The predicted octanol–water partition coefficient (Wildman–Crippen LogP) is 5.98. The maximum absolute atomic E-state index is 11.8. The number of H-pyrrole nitrogens is 1. The van der Waals surface area contributed by atoms with E-state index in [1.165, 1.54) is 12.1 Å². The van der Waals surface area contributed by atoms with Crippen LogP contribution in [0.15, 0.2) is 29.1 Å². The van der Waals surface area contributed by atoms with Crippen molar-refractivity contribution in [3.63, 3.8) is 0 Å². The number of nitrogens with one attached hydrogen (secondary N) is 2. The number of anilines is 1. The number of nitro groups is 1. The summed E-state index contributed by atoms with van der Waals surface area (Å²) in [6.45, 7) is 8.14. The molecule has 11 heteroatoms. The summed E-state index contributed by atoms with van der Waals surface area (Å²) in [5.74, 6) is 0.242. The fourth-order valence-electron chi connectivity index (χ4n) is 3.34. The number of pyridine rings is 2. The summed E-state index contributed by atoms with van der Waals surface area (Å²) in [6, 6.07) is 6.58. The lowest BCUT2D eigenvalue weighted by Gasteiger charge is -2.15. The lowest BCUT2D eigenvalue weighted by molar-refractivity contribution is -0.384. The van der Waals surface area contributed by atoms with Crippen molar-refractivity contribution < 1.29 is 4.92 Å². The molecule has 3 rings (SSSR count). The van der Waals surface area contributed by atoms with Crippen molar-refractivity contribution in [1.29, 1.82) is 0 Å². The average molecular weight is 483 g/mol. The van der Waals surface area contributed by atoms with E-state index >= 15 is 0 Å². The summed E-state index contributed by atoms with van der Waals surface area (Å²) in [5.41, 5.74) is 1.22. The minimum absolute atomic E-state index is 0.0451. The lowest BCUT2D eigenvalue weighted by Crippen LogP contribution is -2.21. The molecule has 32 heavy (non-hydrogen) atoms. The summed E-state index contributed by atoms with van der Waals surface area (Å²) in [5, 5.41) is 14.5. The van der Waals surface area contributed by atoms with Gasteiger partial charge in [0.25, 0.3) is 0 Å². The third kappa shape index (κ3) is 6.20. The van der Waals surface area contributed by atoms with Gasteiger partial charge in [0.05, 0.1) is 10.4 Å². The van der Waals surface area contributed by atoms with Crippen molar-refractivity contribution in [1.82, 2.24) is 19.5 Å². The van der Waals surface area contributed by atoms with Gasteiger partial charge in [-0.2, -0.15) is 0 Å². The second-order valence-electron chi connectivity index (χ2n) is 7.19. The molecule has 0 saturated heterocycles. The first-order chi connectivity index (χ1) is 15.2. The van der Waals surface area contributed by atoms with E-state index in [0.29, 0.717) is 10.8 Å². The molecule has 0 radical (unpaired) electrons. The van der Waals surface area contributed by atoms with E-state index in [0.717, 1.165) is 31.2 Å². The van der Waals surface area contributed by atoms with E-state index in [9.17, 15) is 14.9 Å². The van der Waals surface area contributed by atoms with Crippen LogP contribution in [0.5, 0.6) is 0 Å². The van der Waals surface area contributed by atoms with Crippen LogP contribution in [0.2, 0.25) is 10.3 Å². The number of hydrogen-bond acceptors (Lipinski definition) is 6. The fraction of sp³-hybridized carbons (Fsp3) is 0.476. The third-order valence-electron chi connectivity index (χ3n) is 5.20. The Bertz CT molecular complexity index is 1110. The van der Waals surface area contributed by atoms with Crippen molar-refractivity contribution in [3.05, 3.63) is 55.2 Å². The molecule has 3 heterocycles. The summed E-state index contributed by atoms with van der Waals surface area (Å²) < 4.78 is 1.70. The molecule has 0 bridgehead atoms. The first kappa shape index (κ1) is 25.6. The summed E-state index contributed by atoms with van der Waals surface area (Å²) in [4.78, 5) is 33.1. The van der Waals surface area contributed by atoms with E-state index in [-0.39, 0.29) is 34.4 Å². The molecule has 174 valence electrons. The number of halogens is 2. The monoisotopic (exact) mass is 482 g/mol. The van der Waals surface area contributed by atoms with Gasteiger partial charge in [-0.05, 0) is 43.9 Å². The van der Waals surface area contributed by atoms with Gasteiger partial charge in [0.1, 0.15) is 10.3 Å². The second-order valence-corrected chi connectivity index (χ2v) is 7.97. The molecule has 0 atom stereocenters. The zero-order valence-corrected chi connectivity index (χ0v) is 20.1. The van der Waals surface area contributed by atoms with E-state index < -0.39 is 4.92 Å². The van der Waals surface area contributed by atoms with Crippen molar-refractivity contribution in [2.24, 2.45) is 0 Å².